The van der Waals surface area contributed by atoms with Crippen LogP contribution in [-0.4, -0.2) is 12.3 Å². The molecule has 0 amide bonds. The van der Waals surface area contributed by atoms with Gasteiger partial charge in [0, 0.05) is 11.4 Å². The third-order valence-corrected chi connectivity index (χ3v) is 2.35. The number of halogens is 2. The topological polar surface area (TPSA) is 43.1 Å². The van der Waals surface area contributed by atoms with Crippen LogP contribution in [0, 0.1) is 12.7 Å². The predicted octanol–water partition coefficient (Wildman–Crippen LogP) is 1.86. The maximum atomic E-state index is 13.2. The molecule has 14 heavy (non-hydrogen) atoms. The van der Waals surface area contributed by atoms with Crippen LogP contribution in [0.1, 0.15) is 11.1 Å². The molecule has 0 spiro atoms. The molecule has 0 aliphatic rings. The number of carbonyl (C=O) groups is 1. The van der Waals surface area contributed by atoms with Crippen molar-refractivity contribution in [2.45, 2.75) is 13.3 Å². The first-order chi connectivity index (χ1) is 6.54. The van der Waals surface area contributed by atoms with Gasteiger partial charge in [0.1, 0.15) is 5.82 Å². The molecule has 0 heterocycles. The molecule has 76 valence electrons. The van der Waals surface area contributed by atoms with E-state index in [0.717, 1.165) is 5.56 Å². The summed E-state index contributed by atoms with van der Waals surface area (Å²) >= 11 is 5.71. The summed E-state index contributed by atoms with van der Waals surface area (Å²) < 4.78 is 13.2. The predicted molar refractivity (Wildman–Crippen MR) is 53.9 cm³/mol. The monoisotopic (exact) mass is 215 g/mol. The molecule has 0 bridgehead atoms. The van der Waals surface area contributed by atoms with Crippen molar-refractivity contribution in [1.82, 2.24) is 0 Å². The molecule has 1 aromatic rings. The van der Waals surface area contributed by atoms with E-state index >= 15 is 0 Å². The summed E-state index contributed by atoms with van der Waals surface area (Å²) in [5.74, 6) is -0.645. The van der Waals surface area contributed by atoms with Crippen molar-refractivity contribution < 1.29 is 9.18 Å². The highest BCUT2D eigenvalue weighted by atomic mass is 35.5. The van der Waals surface area contributed by atoms with Crippen molar-refractivity contribution >= 4 is 17.4 Å². The maximum absolute atomic E-state index is 13.2. The summed E-state index contributed by atoms with van der Waals surface area (Å²) in [6.45, 7) is 1.69. The summed E-state index contributed by atoms with van der Waals surface area (Å²) in [4.78, 5) is 11.0. The Bertz CT molecular complexity index is 365. The van der Waals surface area contributed by atoms with Gasteiger partial charge in [-0.05, 0) is 24.1 Å². The zero-order valence-corrected chi connectivity index (χ0v) is 8.57. The first kappa shape index (κ1) is 11.1. The summed E-state index contributed by atoms with van der Waals surface area (Å²) in [6.07, 6.45) is 0.0281. The van der Waals surface area contributed by atoms with E-state index in [2.05, 4.69) is 0 Å². The Kier molecular flexibility index (Phi) is 3.61. The van der Waals surface area contributed by atoms with E-state index in [0.29, 0.717) is 10.6 Å². The third kappa shape index (κ3) is 2.53. The SMILES string of the molecule is Cc1cc(CC(=O)CN)c(F)cc1Cl. The quantitative estimate of drug-likeness (QED) is 0.837. The zero-order chi connectivity index (χ0) is 10.7. The fraction of sp³-hybridized carbons (Fsp3) is 0.300. The van der Waals surface area contributed by atoms with E-state index in [1.807, 2.05) is 0 Å². The van der Waals surface area contributed by atoms with Gasteiger partial charge in [0.2, 0.25) is 0 Å². The number of rotatable bonds is 3. The fourth-order valence-electron chi connectivity index (χ4n) is 1.14. The smallest absolute Gasteiger partial charge is 0.150 e. The Labute approximate surface area is 86.9 Å². The molecule has 0 fully saturated rings. The second kappa shape index (κ2) is 4.53. The molecule has 0 aliphatic carbocycles. The lowest BCUT2D eigenvalue weighted by molar-refractivity contribution is -0.117. The van der Waals surface area contributed by atoms with Gasteiger partial charge in [-0.3, -0.25) is 4.79 Å². The molecule has 2 nitrogen and oxygen atoms in total. The highest BCUT2D eigenvalue weighted by Gasteiger charge is 2.09. The third-order valence-electron chi connectivity index (χ3n) is 1.94. The lowest BCUT2D eigenvalue weighted by Crippen LogP contribution is -2.16. The molecule has 2 N–H and O–H groups in total. The number of benzene rings is 1. The van der Waals surface area contributed by atoms with E-state index < -0.39 is 5.82 Å². The van der Waals surface area contributed by atoms with Crippen molar-refractivity contribution in [3.05, 3.63) is 34.1 Å². The second-order valence-electron chi connectivity index (χ2n) is 3.11. The number of nitrogens with two attached hydrogens (primary N) is 1. The number of hydrogen-bond donors (Lipinski definition) is 1. The fourth-order valence-corrected chi connectivity index (χ4v) is 1.29. The summed E-state index contributed by atoms with van der Waals surface area (Å²) in [5, 5.41) is 0.367. The van der Waals surface area contributed by atoms with E-state index in [1.54, 1.807) is 13.0 Å². The average molecular weight is 216 g/mol. The summed E-state index contributed by atoms with van der Waals surface area (Å²) in [6, 6.07) is 2.79. The number of carbonyl (C=O) groups excluding carboxylic acids is 1. The Morgan fingerprint density at radius 3 is 2.79 bits per heavy atom. The van der Waals surface area contributed by atoms with E-state index in [9.17, 15) is 9.18 Å². The van der Waals surface area contributed by atoms with Gasteiger partial charge in [-0.25, -0.2) is 4.39 Å². The van der Waals surface area contributed by atoms with E-state index in [-0.39, 0.29) is 18.7 Å². The van der Waals surface area contributed by atoms with Gasteiger partial charge in [0.15, 0.2) is 5.78 Å². The van der Waals surface area contributed by atoms with Gasteiger partial charge in [0.25, 0.3) is 0 Å². The van der Waals surface area contributed by atoms with Gasteiger partial charge in [-0.2, -0.15) is 0 Å². The average Bonchev–Trinajstić information content (AvgIpc) is 2.14. The number of ketones is 1. The van der Waals surface area contributed by atoms with Crippen molar-refractivity contribution in [3.63, 3.8) is 0 Å². The van der Waals surface area contributed by atoms with Crippen molar-refractivity contribution in [2.24, 2.45) is 5.73 Å². The van der Waals surface area contributed by atoms with Crippen molar-refractivity contribution in [1.29, 1.82) is 0 Å². The normalized spacial score (nSPS) is 10.3. The standard InChI is InChI=1S/C10H11ClFNO/c1-6-2-7(3-8(14)5-13)10(12)4-9(6)11/h2,4H,3,5,13H2,1H3. The van der Waals surface area contributed by atoms with Gasteiger partial charge in [-0.15, -0.1) is 0 Å². The van der Waals surface area contributed by atoms with Gasteiger partial charge >= 0.3 is 0 Å². The van der Waals surface area contributed by atoms with Gasteiger partial charge in [-0.1, -0.05) is 17.7 Å². The molecule has 0 aliphatic heterocycles. The van der Waals surface area contributed by atoms with Crippen LogP contribution in [0.5, 0.6) is 0 Å². The highest BCUT2D eigenvalue weighted by Crippen LogP contribution is 2.20. The summed E-state index contributed by atoms with van der Waals surface area (Å²) in [5.41, 5.74) is 6.25. The minimum absolute atomic E-state index is 0.0281. The molecule has 1 rings (SSSR count). The lowest BCUT2D eigenvalue weighted by Gasteiger charge is -2.04. The van der Waals surface area contributed by atoms with Crippen LogP contribution >= 0.6 is 11.6 Å². The zero-order valence-electron chi connectivity index (χ0n) is 7.81. The van der Waals surface area contributed by atoms with Crippen molar-refractivity contribution in [3.8, 4) is 0 Å². The number of Topliss-reactive ketones (excluding diaryl/α,β-unsaturated/α-hetero) is 1. The molecule has 1 aromatic carbocycles. The van der Waals surface area contributed by atoms with Crippen LogP contribution in [-0.2, 0) is 11.2 Å². The molecule has 0 radical (unpaired) electrons. The van der Waals surface area contributed by atoms with Crippen LogP contribution in [0.3, 0.4) is 0 Å². The molecular weight excluding hydrogens is 205 g/mol. The van der Waals surface area contributed by atoms with Crippen LogP contribution < -0.4 is 5.73 Å². The molecule has 0 saturated heterocycles. The second-order valence-corrected chi connectivity index (χ2v) is 3.52. The van der Waals surface area contributed by atoms with Crippen LogP contribution in [0.15, 0.2) is 12.1 Å². The first-order valence-electron chi connectivity index (χ1n) is 4.21. The number of hydrogen-bond acceptors (Lipinski definition) is 2. The molecular formula is C10H11ClFNO. The van der Waals surface area contributed by atoms with E-state index in [1.165, 1.54) is 6.07 Å². The van der Waals surface area contributed by atoms with Crippen LogP contribution in [0.25, 0.3) is 0 Å². The molecule has 0 atom stereocenters. The number of aryl methyl sites for hydroxylation is 1. The molecule has 0 aromatic heterocycles. The minimum atomic E-state index is -0.456. The lowest BCUT2D eigenvalue weighted by atomic mass is 10.1. The molecule has 0 saturated carbocycles. The van der Waals surface area contributed by atoms with E-state index in [4.69, 9.17) is 17.3 Å². The summed E-state index contributed by atoms with van der Waals surface area (Å²) in [7, 11) is 0. The Morgan fingerprint density at radius 1 is 1.57 bits per heavy atom. The Balaban J connectivity index is 2.98. The minimum Gasteiger partial charge on any atom is -0.324 e. The van der Waals surface area contributed by atoms with Gasteiger partial charge in [0.05, 0.1) is 6.54 Å². The Hall–Kier alpha value is -0.930. The van der Waals surface area contributed by atoms with Crippen LogP contribution in [0.4, 0.5) is 4.39 Å². The highest BCUT2D eigenvalue weighted by molar-refractivity contribution is 6.31. The molecule has 0 unspecified atom stereocenters. The molecule has 4 heteroatoms. The maximum Gasteiger partial charge on any atom is 0.150 e. The van der Waals surface area contributed by atoms with Crippen molar-refractivity contribution in [2.75, 3.05) is 6.54 Å². The van der Waals surface area contributed by atoms with Crippen LogP contribution in [0.2, 0.25) is 5.02 Å². The first-order valence-corrected chi connectivity index (χ1v) is 4.58. The largest absolute Gasteiger partial charge is 0.324 e. The van der Waals surface area contributed by atoms with Gasteiger partial charge < -0.3 is 5.73 Å². The Morgan fingerprint density at radius 2 is 2.21 bits per heavy atom.